The summed E-state index contributed by atoms with van der Waals surface area (Å²) >= 11 is 0. The van der Waals surface area contributed by atoms with Crippen molar-refractivity contribution >= 4 is 16.7 Å². The average Bonchev–Trinajstić information content (AvgIpc) is 2.90. The lowest BCUT2D eigenvalue weighted by molar-refractivity contribution is -0.126. The number of carbonyl (C=O) groups is 1. The van der Waals surface area contributed by atoms with Crippen molar-refractivity contribution in [3.05, 3.63) is 71.4 Å². The molecule has 2 aliphatic rings. The second kappa shape index (κ2) is 5.57. The number of nitrogens with zero attached hydrogens (tertiary/aromatic N) is 2. The van der Waals surface area contributed by atoms with Gasteiger partial charge in [0.15, 0.2) is 0 Å². The standard InChI is InChI=1S/C22H22N2O/c1-23-20-10-6-5-9-18(20)19-12-16-11-17(25)13-21(22(19)23)24(16)14-15-7-3-2-4-8-15/h2-10,16,21H,11-14H2,1H3. The lowest BCUT2D eigenvalue weighted by Gasteiger charge is -2.46. The Kier molecular flexibility index (Phi) is 3.32. The minimum Gasteiger partial charge on any atom is -0.346 e. The van der Waals surface area contributed by atoms with Crippen LogP contribution in [-0.4, -0.2) is 21.3 Å². The molecule has 0 amide bonds. The molecule has 1 fully saturated rings. The van der Waals surface area contributed by atoms with Crippen molar-refractivity contribution in [3.8, 4) is 0 Å². The maximum absolute atomic E-state index is 12.4. The van der Waals surface area contributed by atoms with Crippen LogP contribution in [0.2, 0.25) is 0 Å². The molecule has 0 radical (unpaired) electrons. The van der Waals surface area contributed by atoms with Crippen LogP contribution in [-0.2, 0) is 24.8 Å². The van der Waals surface area contributed by atoms with Gasteiger partial charge in [-0.25, -0.2) is 0 Å². The summed E-state index contributed by atoms with van der Waals surface area (Å²) in [5, 5.41) is 1.36. The molecule has 0 saturated carbocycles. The number of para-hydroxylation sites is 1. The van der Waals surface area contributed by atoms with Crippen LogP contribution in [0, 0.1) is 0 Å². The molecule has 1 saturated heterocycles. The highest BCUT2D eigenvalue weighted by Gasteiger charge is 2.42. The van der Waals surface area contributed by atoms with E-state index in [1.165, 1.54) is 27.7 Å². The fourth-order valence-corrected chi connectivity index (χ4v) is 4.89. The number of fused-ring (bicyclic) bond motifs is 6. The molecule has 2 aromatic carbocycles. The van der Waals surface area contributed by atoms with Crippen LogP contribution in [0.5, 0.6) is 0 Å². The van der Waals surface area contributed by atoms with Gasteiger partial charge in [-0.2, -0.15) is 0 Å². The van der Waals surface area contributed by atoms with E-state index in [2.05, 4.69) is 71.1 Å². The van der Waals surface area contributed by atoms with Crippen LogP contribution in [0.15, 0.2) is 54.6 Å². The first kappa shape index (κ1) is 14.9. The molecule has 1 aromatic heterocycles. The number of hydrogen-bond acceptors (Lipinski definition) is 2. The molecule has 2 atom stereocenters. The quantitative estimate of drug-likeness (QED) is 0.709. The Morgan fingerprint density at radius 3 is 2.56 bits per heavy atom. The van der Waals surface area contributed by atoms with Gasteiger partial charge in [0.2, 0.25) is 0 Å². The molecule has 5 rings (SSSR count). The van der Waals surface area contributed by atoms with Crippen LogP contribution in [0.4, 0.5) is 0 Å². The highest BCUT2D eigenvalue weighted by molar-refractivity contribution is 5.88. The first-order valence-electron chi connectivity index (χ1n) is 9.10. The van der Waals surface area contributed by atoms with E-state index in [0.717, 1.165) is 13.0 Å². The number of carbonyl (C=O) groups excluding carboxylic acids is 1. The van der Waals surface area contributed by atoms with Crippen molar-refractivity contribution < 1.29 is 4.79 Å². The Morgan fingerprint density at radius 2 is 1.72 bits per heavy atom. The van der Waals surface area contributed by atoms with Gasteiger partial charge in [-0.1, -0.05) is 48.5 Å². The molecule has 25 heavy (non-hydrogen) atoms. The minimum atomic E-state index is 0.201. The number of hydrogen-bond donors (Lipinski definition) is 0. The van der Waals surface area contributed by atoms with Crippen LogP contribution in [0.25, 0.3) is 10.9 Å². The number of Topliss-reactive ketones (excluding diaryl/α,β-unsaturated/α-hetero) is 1. The van der Waals surface area contributed by atoms with E-state index in [1.807, 2.05) is 0 Å². The summed E-state index contributed by atoms with van der Waals surface area (Å²) in [6.07, 6.45) is 2.30. The van der Waals surface area contributed by atoms with Gasteiger partial charge in [0, 0.05) is 49.1 Å². The molecule has 3 heterocycles. The van der Waals surface area contributed by atoms with Crippen LogP contribution < -0.4 is 0 Å². The molecule has 2 bridgehead atoms. The van der Waals surface area contributed by atoms with E-state index in [9.17, 15) is 4.79 Å². The molecule has 126 valence electrons. The van der Waals surface area contributed by atoms with E-state index in [1.54, 1.807) is 0 Å². The Labute approximate surface area is 147 Å². The SMILES string of the molecule is Cn1c2c(c3ccccc31)CC1CC(=O)CC2N1Cc1ccccc1. The lowest BCUT2D eigenvalue weighted by atomic mass is 9.81. The van der Waals surface area contributed by atoms with Gasteiger partial charge in [0.1, 0.15) is 5.78 Å². The molecule has 2 aliphatic heterocycles. The largest absolute Gasteiger partial charge is 0.346 e. The van der Waals surface area contributed by atoms with Crippen molar-refractivity contribution in [2.24, 2.45) is 7.05 Å². The Bertz CT molecular complexity index is 957. The summed E-state index contributed by atoms with van der Waals surface area (Å²) in [6.45, 7) is 0.921. The predicted molar refractivity (Wildman–Crippen MR) is 99.4 cm³/mol. The number of piperidine rings is 1. The normalized spacial score (nSPS) is 23.0. The third kappa shape index (κ3) is 2.26. The highest BCUT2D eigenvalue weighted by Crippen LogP contribution is 2.44. The number of rotatable bonds is 2. The fourth-order valence-electron chi connectivity index (χ4n) is 4.89. The van der Waals surface area contributed by atoms with Crippen molar-refractivity contribution in [3.63, 3.8) is 0 Å². The maximum Gasteiger partial charge on any atom is 0.136 e. The topological polar surface area (TPSA) is 25.2 Å². The third-order valence-corrected chi connectivity index (χ3v) is 5.98. The van der Waals surface area contributed by atoms with Gasteiger partial charge in [-0.15, -0.1) is 0 Å². The minimum absolute atomic E-state index is 0.201. The molecular formula is C22H22N2O. The average molecular weight is 330 g/mol. The Morgan fingerprint density at radius 1 is 0.960 bits per heavy atom. The van der Waals surface area contributed by atoms with Crippen LogP contribution >= 0.6 is 0 Å². The number of aromatic nitrogens is 1. The molecule has 3 aromatic rings. The second-order valence-electron chi connectivity index (χ2n) is 7.42. The number of benzene rings is 2. The smallest absolute Gasteiger partial charge is 0.136 e. The molecule has 0 N–H and O–H groups in total. The zero-order valence-electron chi connectivity index (χ0n) is 14.5. The van der Waals surface area contributed by atoms with Gasteiger partial charge in [0.25, 0.3) is 0 Å². The predicted octanol–water partition coefficient (Wildman–Crippen LogP) is 4.01. The van der Waals surface area contributed by atoms with E-state index in [-0.39, 0.29) is 6.04 Å². The lowest BCUT2D eigenvalue weighted by Crippen LogP contribution is -2.49. The highest BCUT2D eigenvalue weighted by atomic mass is 16.1. The summed E-state index contributed by atoms with van der Waals surface area (Å²) in [5.74, 6) is 0.412. The molecule has 2 unspecified atom stereocenters. The van der Waals surface area contributed by atoms with E-state index in [4.69, 9.17) is 0 Å². The molecule has 3 nitrogen and oxygen atoms in total. The van der Waals surface area contributed by atoms with Gasteiger partial charge < -0.3 is 4.57 Å². The van der Waals surface area contributed by atoms with E-state index >= 15 is 0 Å². The van der Waals surface area contributed by atoms with Crippen LogP contribution in [0.1, 0.15) is 35.7 Å². The Hall–Kier alpha value is -2.39. The molecular weight excluding hydrogens is 308 g/mol. The van der Waals surface area contributed by atoms with Crippen molar-refractivity contribution in [1.82, 2.24) is 9.47 Å². The van der Waals surface area contributed by atoms with Crippen molar-refractivity contribution in [2.45, 2.75) is 37.9 Å². The third-order valence-electron chi connectivity index (χ3n) is 5.98. The summed E-state index contributed by atoms with van der Waals surface area (Å²) in [4.78, 5) is 14.9. The zero-order chi connectivity index (χ0) is 17.0. The van der Waals surface area contributed by atoms with Crippen molar-refractivity contribution in [2.75, 3.05) is 0 Å². The van der Waals surface area contributed by atoms with Crippen molar-refractivity contribution in [1.29, 1.82) is 0 Å². The monoisotopic (exact) mass is 330 g/mol. The van der Waals surface area contributed by atoms with Crippen LogP contribution in [0.3, 0.4) is 0 Å². The zero-order valence-corrected chi connectivity index (χ0v) is 14.5. The molecule has 0 aliphatic carbocycles. The number of aryl methyl sites for hydroxylation is 1. The molecule has 0 spiro atoms. The fraction of sp³-hybridized carbons (Fsp3) is 0.318. The summed E-state index contributed by atoms with van der Waals surface area (Å²) in [5.41, 5.74) is 5.42. The van der Waals surface area contributed by atoms with Gasteiger partial charge in [-0.3, -0.25) is 9.69 Å². The van der Waals surface area contributed by atoms with Gasteiger partial charge in [-0.05, 0) is 23.6 Å². The molecule has 3 heteroatoms. The summed E-state index contributed by atoms with van der Waals surface area (Å²) in [6, 6.07) is 19.8. The van der Waals surface area contributed by atoms with E-state index < -0.39 is 0 Å². The maximum atomic E-state index is 12.4. The Balaban J connectivity index is 1.64. The summed E-state index contributed by atoms with van der Waals surface area (Å²) < 4.78 is 2.32. The van der Waals surface area contributed by atoms with Gasteiger partial charge in [0.05, 0.1) is 6.04 Å². The second-order valence-corrected chi connectivity index (χ2v) is 7.42. The van der Waals surface area contributed by atoms with Gasteiger partial charge >= 0.3 is 0 Å². The number of ketones is 1. The van der Waals surface area contributed by atoms with E-state index in [0.29, 0.717) is 24.7 Å². The first-order valence-corrected chi connectivity index (χ1v) is 9.10. The first-order chi connectivity index (χ1) is 12.2. The summed E-state index contributed by atoms with van der Waals surface area (Å²) in [7, 11) is 2.15.